The highest BCUT2D eigenvalue weighted by atomic mass is 79.9. The normalized spacial score (nSPS) is 16.7. The highest BCUT2D eigenvalue weighted by Crippen LogP contribution is 2.13. The number of hydrogen-bond donors (Lipinski definition) is 0. The first-order chi connectivity index (χ1) is 9.56. The van der Waals surface area contributed by atoms with E-state index in [1.165, 1.54) is 6.42 Å². The van der Waals surface area contributed by atoms with Gasteiger partial charge in [-0.3, -0.25) is 9.69 Å². The van der Waals surface area contributed by atoms with Gasteiger partial charge < -0.3 is 4.90 Å². The lowest BCUT2D eigenvalue weighted by atomic mass is 10.1. The van der Waals surface area contributed by atoms with E-state index in [4.69, 9.17) is 0 Å². The van der Waals surface area contributed by atoms with E-state index in [0.29, 0.717) is 10.2 Å². The molecule has 0 radical (unpaired) electrons. The molecule has 0 aliphatic carbocycles. The Morgan fingerprint density at radius 3 is 2.65 bits per heavy atom. The van der Waals surface area contributed by atoms with Crippen molar-refractivity contribution >= 4 is 21.8 Å². The topological polar surface area (TPSA) is 36.4 Å². The van der Waals surface area contributed by atoms with Crippen LogP contribution in [0.1, 0.15) is 30.6 Å². The lowest BCUT2D eigenvalue weighted by Crippen LogP contribution is -2.49. The van der Waals surface area contributed by atoms with Crippen LogP contribution in [-0.4, -0.2) is 53.4 Å². The van der Waals surface area contributed by atoms with Gasteiger partial charge in [-0.2, -0.15) is 0 Å². The Morgan fingerprint density at radius 2 is 2.05 bits per heavy atom. The Hall–Kier alpha value is -0.940. The highest BCUT2D eigenvalue weighted by Gasteiger charge is 2.22. The molecular formula is C15H22BrN3O. The molecule has 0 bridgehead atoms. The van der Waals surface area contributed by atoms with Crippen molar-refractivity contribution in [1.82, 2.24) is 14.8 Å². The van der Waals surface area contributed by atoms with E-state index in [2.05, 4.69) is 39.7 Å². The molecule has 0 spiro atoms. The van der Waals surface area contributed by atoms with Crippen LogP contribution in [0, 0.1) is 5.92 Å². The minimum absolute atomic E-state index is 0.108. The smallest absolute Gasteiger partial charge is 0.254 e. The van der Waals surface area contributed by atoms with Crippen molar-refractivity contribution in [3.63, 3.8) is 0 Å². The summed E-state index contributed by atoms with van der Waals surface area (Å²) in [6.45, 7) is 9.23. The molecule has 1 fully saturated rings. The van der Waals surface area contributed by atoms with Crippen LogP contribution in [0.2, 0.25) is 0 Å². The standard InChI is InChI=1S/C15H22BrN3O/c1-12(2)4-6-18-7-9-19(10-8-18)15(20)13-3-5-17-14(16)11-13/h3,5,11-12H,4,6-10H2,1-2H3. The molecule has 1 amide bonds. The molecule has 2 rings (SSSR count). The van der Waals surface area contributed by atoms with Gasteiger partial charge in [-0.15, -0.1) is 0 Å². The molecule has 0 atom stereocenters. The van der Waals surface area contributed by atoms with Crippen molar-refractivity contribution in [3.05, 3.63) is 28.5 Å². The predicted molar refractivity (Wildman–Crippen MR) is 83.7 cm³/mol. The van der Waals surface area contributed by atoms with Gasteiger partial charge in [0.05, 0.1) is 0 Å². The minimum atomic E-state index is 0.108. The van der Waals surface area contributed by atoms with Gasteiger partial charge in [0.2, 0.25) is 0 Å². The van der Waals surface area contributed by atoms with Crippen LogP contribution < -0.4 is 0 Å². The van der Waals surface area contributed by atoms with E-state index in [-0.39, 0.29) is 5.91 Å². The maximum absolute atomic E-state index is 12.4. The van der Waals surface area contributed by atoms with E-state index in [1.807, 2.05) is 4.90 Å². The summed E-state index contributed by atoms with van der Waals surface area (Å²) in [5.74, 6) is 0.848. The molecule has 1 aromatic rings. The lowest BCUT2D eigenvalue weighted by molar-refractivity contribution is 0.0631. The van der Waals surface area contributed by atoms with Gasteiger partial charge in [-0.1, -0.05) is 13.8 Å². The maximum Gasteiger partial charge on any atom is 0.254 e. The molecule has 1 aliphatic rings. The van der Waals surface area contributed by atoms with E-state index in [0.717, 1.165) is 38.6 Å². The molecule has 0 aromatic carbocycles. The first-order valence-electron chi connectivity index (χ1n) is 7.19. The molecule has 1 saturated heterocycles. The number of hydrogen-bond acceptors (Lipinski definition) is 3. The lowest BCUT2D eigenvalue weighted by Gasteiger charge is -2.35. The van der Waals surface area contributed by atoms with Gasteiger partial charge in [0.1, 0.15) is 4.60 Å². The Labute approximate surface area is 129 Å². The van der Waals surface area contributed by atoms with Gasteiger partial charge in [0, 0.05) is 37.9 Å². The number of pyridine rings is 1. The number of halogens is 1. The van der Waals surface area contributed by atoms with Crippen molar-refractivity contribution < 1.29 is 4.79 Å². The minimum Gasteiger partial charge on any atom is -0.336 e. The number of carbonyl (C=O) groups is 1. The zero-order chi connectivity index (χ0) is 14.5. The quantitative estimate of drug-likeness (QED) is 0.791. The average molecular weight is 340 g/mol. The van der Waals surface area contributed by atoms with Gasteiger partial charge in [-0.25, -0.2) is 4.98 Å². The Bertz CT molecular complexity index is 456. The zero-order valence-corrected chi connectivity index (χ0v) is 13.8. The van der Waals surface area contributed by atoms with Crippen LogP contribution in [0.3, 0.4) is 0 Å². The number of rotatable bonds is 4. The van der Waals surface area contributed by atoms with E-state index < -0.39 is 0 Å². The molecule has 0 unspecified atom stereocenters. The predicted octanol–water partition coefficient (Wildman–Crippen LogP) is 2.65. The second kappa shape index (κ2) is 7.18. The second-order valence-electron chi connectivity index (χ2n) is 5.68. The van der Waals surface area contributed by atoms with Crippen molar-refractivity contribution in [2.45, 2.75) is 20.3 Å². The summed E-state index contributed by atoms with van der Waals surface area (Å²) < 4.78 is 0.707. The Morgan fingerprint density at radius 1 is 1.35 bits per heavy atom. The summed E-state index contributed by atoms with van der Waals surface area (Å²) in [5, 5.41) is 0. The van der Waals surface area contributed by atoms with Gasteiger partial charge in [0.15, 0.2) is 0 Å². The molecule has 20 heavy (non-hydrogen) atoms. The first kappa shape index (κ1) is 15.4. The molecule has 2 heterocycles. The average Bonchev–Trinajstić information content (AvgIpc) is 2.45. The summed E-state index contributed by atoms with van der Waals surface area (Å²) in [6, 6.07) is 3.56. The summed E-state index contributed by atoms with van der Waals surface area (Å²) in [6.07, 6.45) is 2.89. The fourth-order valence-corrected chi connectivity index (χ4v) is 2.70. The van der Waals surface area contributed by atoms with Crippen LogP contribution >= 0.6 is 15.9 Å². The van der Waals surface area contributed by atoms with Crippen LogP contribution in [0.25, 0.3) is 0 Å². The first-order valence-corrected chi connectivity index (χ1v) is 7.98. The number of nitrogens with zero attached hydrogens (tertiary/aromatic N) is 3. The fourth-order valence-electron chi connectivity index (χ4n) is 2.33. The van der Waals surface area contributed by atoms with Crippen molar-refractivity contribution in [2.75, 3.05) is 32.7 Å². The van der Waals surface area contributed by atoms with Crippen molar-refractivity contribution in [3.8, 4) is 0 Å². The molecule has 4 nitrogen and oxygen atoms in total. The van der Waals surface area contributed by atoms with Crippen LogP contribution in [0.4, 0.5) is 0 Å². The molecule has 5 heteroatoms. The Balaban J connectivity index is 1.86. The zero-order valence-electron chi connectivity index (χ0n) is 12.2. The van der Waals surface area contributed by atoms with Crippen LogP contribution in [0.15, 0.2) is 22.9 Å². The summed E-state index contributed by atoms with van der Waals surface area (Å²) in [5.41, 5.74) is 0.711. The van der Waals surface area contributed by atoms with E-state index >= 15 is 0 Å². The van der Waals surface area contributed by atoms with Crippen LogP contribution in [-0.2, 0) is 0 Å². The van der Waals surface area contributed by atoms with Gasteiger partial charge in [-0.05, 0) is 46.9 Å². The van der Waals surface area contributed by atoms with Crippen LogP contribution in [0.5, 0.6) is 0 Å². The molecule has 0 saturated carbocycles. The fraction of sp³-hybridized carbons (Fsp3) is 0.600. The number of aromatic nitrogens is 1. The molecule has 110 valence electrons. The third-order valence-electron chi connectivity index (χ3n) is 3.66. The number of carbonyl (C=O) groups excluding carboxylic acids is 1. The molecule has 1 aromatic heterocycles. The molecular weight excluding hydrogens is 318 g/mol. The Kier molecular flexibility index (Phi) is 5.54. The van der Waals surface area contributed by atoms with Gasteiger partial charge in [0.25, 0.3) is 5.91 Å². The largest absolute Gasteiger partial charge is 0.336 e. The van der Waals surface area contributed by atoms with Crippen molar-refractivity contribution in [1.29, 1.82) is 0 Å². The summed E-state index contributed by atoms with van der Waals surface area (Å²) in [4.78, 5) is 20.8. The van der Waals surface area contributed by atoms with Gasteiger partial charge >= 0.3 is 0 Å². The highest BCUT2D eigenvalue weighted by molar-refractivity contribution is 9.10. The second-order valence-corrected chi connectivity index (χ2v) is 6.50. The summed E-state index contributed by atoms with van der Waals surface area (Å²) >= 11 is 3.31. The molecule has 1 aliphatic heterocycles. The van der Waals surface area contributed by atoms with E-state index in [1.54, 1.807) is 18.3 Å². The SMILES string of the molecule is CC(C)CCN1CCN(C(=O)c2ccnc(Br)c2)CC1. The van der Waals surface area contributed by atoms with E-state index in [9.17, 15) is 4.79 Å². The monoisotopic (exact) mass is 339 g/mol. The van der Waals surface area contributed by atoms with Crippen molar-refractivity contribution in [2.24, 2.45) is 5.92 Å². The third-order valence-corrected chi connectivity index (χ3v) is 4.09. The number of piperazine rings is 1. The maximum atomic E-state index is 12.4. The summed E-state index contributed by atoms with van der Waals surface area (Å²) in [7, 11) is 0. The molecule has 0 N–H and O–H groups in total. The third kappa shape index (κ3) is 4.28. The number of amides is 1.